The van der Waals surface area contributed by atoms with Crippen LogP contribution in [0.15, 0.2) is 64.0 Å². The topological polar surface area (TPSA) is 85.6 Å². The van der Waals surface area contributed by atoms with Gasteiger partial charge >= 0.3 is 0 Å². The van der Waals surface area contributed by atoms with Gasteiger partial charge in [-0.05, 0) is 24.3 Å². The molecule has 114 valence electrons. The summed E-state index contributed by atoms with van der Waals surface area (Å²) >= 11 is 0. The molecule has 0 aliphatic heterocycles. The molecule has 4 rings (SSSR count). The van der Waals surface area contributed by atoms with Gasteiger partial charge in [-0.3, -0.25) is 4.79 Å². The Morgan fingerprint density at radius 1 is 1.22 bits per heavy atom. The van der Waals surface area contributed by atoms with E-state index in [1.807, 2.05) is 28.8 Å². The Morgan fingerprint density at radius 2 is 2.17 bits per heavy atom. The van der Waals surface area contributed by atoms with Crippen LogP contribution in [0.2, 0.25) is 0 Å². The second-order valence-corrected chi connectivity index (χ2v) is 4.91. The number of imidazole rings is 1. The molecule has 0 aromatic carbocycles. The summed E-state index contributed by atoms with van der Waals surface area (Å²) in [6.45, 7) is 0.292. The lowest BCUT2D eigenvalue weighted by atomic mass is 10.3. The van der Waals surface area contributed by atoms with E-state index in [2.05, 4.69) is 15.5 Å². The molecule has 0 saturated carbocycles. The smallest absolute Gasteiger partial charge is 0.273 e. The SMILES string of the molecule is O=C(NCc1ncc2ccccn12)c1cc(-c2ccco2)on1. The van der Waals surface area contributed by atoms with Crippen molar-refractivity contribution < 1.29 is 13.7 Å². The fourth-order valence-corrected chi connectivity index (χ4v) is 2.30. The average molecular weight is 308 g/mol. The summed E-state index contributed by atoms with van der Waals surface area (Å²) in [5.74, 6) is 1.34. The summed E-state index contributed by atoms with van der Waals surface area (Å²) < 4.78 is 12.2. The number of fused-ring (bicyclic) bond motifs is 1. The number of carbonyl (C=O) groups is 1. The van der Waals surface area contributed by atoms with Crippen LogP contribution in [0, 0.1) is 0 Å². The molecule has 0 radical (unpaired) electrons. The first kappa shape index (κ1) is 13.3. The van der Waals surface area contributed by atoms with Crippen LogP contribution in [-0.4, -0.2) is 20.4 Å². The molecule has 0 bridgehead atoms. The standard InChI is InChI=1S/C16H12N4O3/c21-16(12-8-14(23-19-12)13-5-3-7-22-13)18-10-15-17-9-11-4-1-2-6-20(11)15/h1-9H,10H2,(H,18,21). The van der Waals surface area contributed by atoms with Crippen molar-refractivity contribution in [1.82, 2.24) is 19.9 Å². The van der Waals surface area contributed by atoms with Crippen LogP contribution in [0.25, 0.3) is 17.0 Å². The lowest BCUT2D eigenvalue weighted by Gasteiger charge is -2.02. The van der Waals surface area contributed by atoms with E-state index in [4.69, 9.17) is 8.94 Å². The fourth-order valence-electron chi connectivity index (χ4n) is 2.30. The molecule has 7 nitrogen and oxygen atoms in total. The molecule has 4 aromatic heterocycles. The highest BCUT2D eigenvalue weighted by atomic mass is 16.5. The number of amides is 1. The fraction of sp³-hybridized carbons (Fsp3) is 0.0625. The molecule has 0 unspecified atom stereocenters. The number of rotatable bonds is 4. The van der Waals surface area contributed by atoms with Crippen LogP contribution in [0.3, 0.4) is 0 Å². The summed E-state index contributed by atoms with van der Waals surface area (Å²) in [6, 6.07) is 10.8. The van der Waals surface area contributed by atoms with Crippen LogP contribution in [0.4, 0.5) is 0 Å². The second kappa shape index (κ2) is 5.45. The summed E-state index contributed by atoms with van der Waals surface area (Å²) in [5, 5.41) is 6.54. The monoisotopic (exact) mass is 308 g/mol. The molecule has 0 saturated heterocycles. The average Bonchev–Trinajstić information content (AvgIpc) is 3.31. The van der Waals surface area contributed by atoms with Crippen LogP contribution in [0.5, 0.6) is 0 Å². The first-order valence-electron chi connectivity index (χ1n) is 7.01. The quantitative estimate of drug-likeness (QED) is 0.626. The van der Waals surface area contributed by atoms with Gasteiger partial charge in [0.05, 0.1) is 24.5 Å². The molecule has 0 atom stereocenters. The third-order valence-corrected chi connectivity index (χ3v) is 3.43. The Kier molecular flexibility index (Phi) is 3.16. The summed E-state index contributed by atoms with van der Waals surface area (Å²) in [5.41, 5.74) is 1.16. The highest BCUT2D eigenvalue weighted by molar-refractivity contribution is 5.92. The Labute approximate surface area is 130 Å². The minimum absolute atomic E-state index is 0.192. The maximum Gasteiger partial charge on any atom is 0.273 e. The largest absolute Gasteiger partial charge is 0.461 e. The van der Waals surface area contributed by atoms with Gasteiger partial charge in [0.2, 0.25) is 5.76 Å². The third-order valence-electron chi connectivity index (χ3n) is 3.43. The van der Waals surface area contributed by atoms with E-state index in [1.54, 1.807) is 18.3 Å². The van der Waals surface area contributed by atoms with Crippen LogP contribution < -0.4 is 5.32 Å². The van der Waals surface area contributed by atoms with Crippen molar-refractivity contribution >= 4 is 11.4 Å². The summed E-state index contributed by atoms with van der Waals surface area (Å²) in [6.07, 6.45) is 5.18. The van der Waals surface area contributed by atoms with Gasteiger partial charge in [-0.2, -0.15) is 0 Å². The normalized spacial score (nSPS) is 11.0. The van der Waals surface area contributed by atoms with Crippen molar-refractivity contribution in [3.05, 3.63) is 66.6 Å². The highest BCUT2D eigenvalue weighted by Gasteiger charge is 2.15. The Bertz CT molecular complexity index is 953. The maximum absolute atomic E-state index is 12.2. The van der Waals surface area contributed by atoms with Gasteiger partial charge in [0.25, 0.3) is 5.91 Å². The molecule has 0 aliphatic carbocycles. The van der Waals surface area contributed by atoms with Gasteiger partial charge in [-0.15, -0.1) is 0 Å². The molecule has 0 fully saturated rings. The summed E-state index contributed by atoms with van der Waals surface area (Å²) in [4.78, 5) is 16.5. The van der Waals surface area contributed by atoms with Crippen molar-refractivity contribution in [3.63, 3.8) is 0 Å². The van der Waals surface area contributed by atoms with Gasteiger partial charge in [-0.25, -0.2) is 4.98 Å². The third kappa shape index (κ3) is 2.48. The van der Waals surface area contributed by atoms with Crippen LogP contribution >= 0.6 is 0 Å². The van der Waals surface area contributed by atoms with Gasteiger partial charge in [-0.1, -0.05) is 11.2 Å². The first-order chi connectivity index (χ1) is 11.3. The van der Waals surface area contributed by atoms with E-state index in [9.17, 15) is 4.79 Å². The van der Waals surface area contributed by atoms with Gasteiger partial charge < -0.3 is 18.7 Å². The Hall–Kier alpha value is -3.35. The second-order valence-electron chi connectivity index (χ2n) is 4.91. The molecule has 1 N–H and O–H groups in total. The molecule has 0 spiro atoms. The number of pyridine rings is 1. The summed E-state index contributed by atoms with van der Waals surface area (Å²) in [7, 11) is 0. The van der Waals surface area contributed by atoms with Crippen molar-refractivity contribution in [3.8, 4) is 11.5 Å². The molecular formula is C16H12N4O3. The molecule has 4 aromatic rings. The van der Waals surface area contributed by atoms with E-state index in [1.165, 1.54) is 12.3 Å². The highest BCUT2D eigenvalue weighted by Crippen LogP contribution is 2.20. The minimum Gasteiger partial charge on any atom is -0.461 e. The maximum atomic E-state index is 12.2. The predicted octanol–water partition coefficient (Wildman–Crippen LogP) is 2.51. The lowest BCUT2D eigenvalue weighted by molar-refractivity contribution is 0.0941. The minimum atomic E-state index is -0.334. The van der Waals surface area contributed by atoms with Crippen molar-refractivity contribution in [2.24, 2.45) is 0 Å². The van der Waals surface area contributed by atoms with Gasteiger partial charge in [0, 0.05) is 12.3 Å². The Balaban J connectivity index is 1.48. The zero-order valence-corrected chi connectivity index (χ0v) is 12.0. The van der Waals surface area contributed by atoms with Gasteiger partial charge in [0.1, 0.15) is 5.82 Å². The van der Waals surface area contributed by atoms with E-state index < -0.39 is 0 Å². The van der Waals surface area contributed by atoms with Gasteiger partial charge in [0.15, 0.2) is 11.5 Å². The molecular weight excluding hydrogens is 296 g/mol. The molecule has 23 heavy (non-hydrogen) atoms. The molecule has 7 heteroatoms. The number of hydrogen-bond acceptors (Lipinski definition) is 5. The molecule has 4 heterocycles. The van der Waals surface area contributed by atoms with Crippen LogP contribution in [0.1, 0.15) is 16.3 Å². The van der Waals surface area contributed by atoms with Crippen molar-refractivity contribution in [2.75, 3.05) is 0 Å². The number of carbonyl (C=O) groups excluding carboxylic acids is 1. The van der Waals surface area contributed by atoms with E-state index in [0.29, 0.717) is 18.1 Å². The molecule has 0 aliphatic rings. The molecule has 1 amide bonds. The van der Waals surface area contributed by atoms with Crippen LogP contribution in [-0.2, 0) is 6.54 Å². The zero-order chi connectivity index (χ0) is 15.6. The van der Waals surface area contributed by atoms with Crippen molar-refractivity contribution in [2.45, 2.75) is 6.54 Å². The Morgan fingerprint density at radius 3 is 3.04 bits per heavy atom. The number of hydrogen-bond donors (Lipinski definition) is 1. The van der Waals surface area contributed by atoms with E-state index in [-0.39, 0.29) is 11.6 Å². The van der Waals surface area contributed by atoms with E-state index >= 15 is 0 Å². The predicted molar refractivity (Wildman–Crippen MR) is 80.6 cm³/mol. The first-order valence-corrected chi connectivity index (χ1v) is 7.01. The lowest BCUT2D eigenvalue weighted by Crippen LogP contribution is -2.24. The number of nitrogens with zero attached hydrogens (tertiary/aromatic N) is 3. The number of aromatic nitrogens is 3. The van der Waals surface area contributed by atoms with E-state index in [0.717, 1.165) is 11.3 Å². The number of furan rings is 1. The number of nitrogens with one attached hydrogen (secondary N) is 1. The van der Waals surface area contributed by atoms with Crippen molar-refractivity contribution in [1.29, 1.82) is 0 Å². The zero-order valence-electron chi connectivity index (χ0n) is 12.0.